The molecule has 0 aliphatic heterocycles. The minimum Gasteiger partial charge on any atom is -0.423 e. The van der Waals surface area contributed by atoms with Gasteiger partial charge in [-0.2, -0.15) is 4.98 Å². The number of nitrogens with zero attached hydrogens (tertiary/aromatic N) is 2. The van der Waals surface area contributed by atoms with Crippen molar-refractivity contribution in [1.82, 2.24) is 9.55 Å². The van der Waals surface area contributed by atoms with Crippen LogP contribution in [0.15, 0.2) is 29.2 Å². The fourth-order valence-corrected chi connectivity index (χ4v) is 4.59. The van der Waals surface area contributed by atoms with Gasteiger partial charge >= 0.3 is 12.4 Å². The summed E-state index contributed by atoms with van der Waals surface area (Å²) in [6.45, 7) is 4.25. The van der Waals surface area contributed by atoms with Crippen LogP contribution in [-0.4, -0.2) is 22.2 Å². The quantitative estimate of drug-likeness (QED) is 0.311. The van der Waals surface area contributed by atoms with Gasteiger partial charge in [-0.1, -0.05) is 43.1 Å². The highest BCUT2D eigenvalue weighted by molar-refractivity contribution is 7.98. The lowest BCUT2D eigenvalue weighted by Crippen LogP contribution is -2.17. The van der Waals surface area contributed by atoms with Gasteiger partial charge in [-0.15, -0.1) is 24.9 Å². The zero-order valence-electron chi connectivity index (χ0n) is 17.3. The molecular weight excluding hydrogens is 472 g/mol. The lowest BCUT2D eigenvalue weighted by molar-refractivity contribution is -0.274. The first-order valence-corrected chi connectivity index (χ1v) is 11.5. The second kappa shape index (κ2) is 9.38. The Bertz CT molecular complexity index is 1100. The molecule has 0 fully saturated rings. The molecule has 3 rings (SSSR count). The van der Waals surface area contributed by atoms with E-state index in [1.807, 2.05) is 12.1 Å². The molecule has 0 atom stereocenters. The molecule has 0 bridgehead atoms. The second-order valence-electron chi connectivity index (χ2n) is 6.89. The maximum absolute atomic E-state index is 12.6. The number of benzene rings is 2. The Morgan fingerprint density at radius 3 is 2.39 bits per heavy atom. The van der Waals surface area contributed by atoms with E-state index in [1.54, 1.807) is 17.9 Å². The summed E-state index contributed by atoms with van der Waals surface area (Å²) in [7, 11) is 1.81. The van der Waals surface area contributed by atoms with Gasteiger partial charge in [-0.25, -0.2) is 0 Å². The number of hydrogen-bond acceptors (Lipinski definition) is 4. The summed E-state index contributed by atoms with van der Waals surface area (Å²) >= 11 is 13.8. The molecule has 0 aliphatic carbocycles. The third-order valence-corrected chi connectivity index (χ3v) is 6.35. The van der Waals surface area contributed by atoms with E-state index in [1.165, 1.54) is 17.8 Å². The first kappa shape index (κ1) is 23.9. The lowest BCUT2D eigenvalue weighted by atomic mass is 9.93. The van der Waals surface area contributed by atoms with Crippen LogP contribution in [0.5, 0.6) is 17.5 Å². The third-order valence-electron chi connectivity index (χ3n) is 5.02. The van der Waals surface area contributed by atoms with Crippen molar-refractivity contribution in [2.75, 3.05) is 6.26 Å². The smallest absolute Gasteiger partial charge is 0.423 e. The topological polar surface area (TPSA) is 36.3 Å². The van der Waals surface area contributed by atoms with E-state index >= 15 is 0 Å². The van der Waals surface area contributed by atoms with Gasteiger partial charge in [0.1, 0.15) is 11.3 Å². The molecule has 1 heterocycles. The number of alkyl halides is 3. The summed E-state index contributed by atoms with van der Waals surface area (Å²) in [6, 6.07) is 6.34. The molecule has 0 unspecified atom stereocenters. The summed E-state index contributed by atoms with van der Waals surface area (Å²) in [4.78, 5) is 4.93. The SMILES string of the molecule is CCC(CC)c1ccc(Cl)c2nc(Oc3c(Cl)cc(OC(F)(F)F)cc3SC)n(C)c12. The van der Waals surface area contributed by atoms with E-state index in [0.29, 0.717) is 21.4 Å². The molecule has 3 aromatic rings. The molecule has 10 heteroatoms. The van der Waals surface area contributed by atoms with Crippen LogP contribution in [0.3, 0.4) is 0 Å². The number of imidazole rings is 1. The Kier molecular flexibility index (Phi) is 7.23. The zero-order chi connectivity index (χ0) is 22.9. The maximum atomic E-state index is 12.6. The van der Waals surface area contributed by atoms with E-state index in [2.05, 4.69) is 23.6 Å². The predicted octanol–water partition coefficient (Wildman–Crippen LogP) is 8.20. The van der Waals surface area contributed by atoms with E-state index in [4.69, 9.17) is 27.9 Å². The van der Waals surface area contributed by atoms with Gasteiger partial charge < -0.3 is 9.47 Å². The van der Waals surface area contributed by atoms with Crippen LogP contribution >= 0.6 is 35.0 Å². The van der Waals surface area contributed by atoms with Gasteiger partial charge in [0.2, 0.25) is 0 Å². The van der Waals surface area contributed by atoms with Crippen molar-refractivity contribution in [2.45, 2.75) is 43.9 Å². The highest BCUT2D eigenvalue weighted by atomic mass is 35.5. The van der Waals surface area contributed by atoms with Crippen LogP contribution in [0.1, 0.15) is 38.2 Å². The van der Waals surface area contributed by atoms with E-state index in [9.17, 15) is 13.2 Å². The number of rotatable bonds is 7. The van der Waals surface area contributed by atoms with Crippen molar-refractivity contribution in [3.8, 4) is 17.5 Å². The number of aromatic nitrogens is 2. The molecule has 0 saturated heterocycles. The van der Waals surface area contributed by atoms with Crippen LogP contribution < -0.4 is 9.47 Å². The largest absolute Gasteiger partial charge is 0.573 e. The average molecular weight is 493 g/mol. The number of thioether (sulfide) groups is 1. The van der Waals surface area contributed by atoms with Crippen molar-refractivity contribution < 1.29 is 22.6 Å². The standard InChI is InChI=1S/C21H21Cl2F3N2O2S/c1-5-11(6-2)13-7-8-14(22)17-18(13)28(3)20(27-17)29-19-15(23)9-12(10-16(19)31-4)30-21(24,25)26/h7-11H,5-6H2,1-4H3. The fourth-order valence-electron chi connectivity index (χ4n) is 3.52. The molecule has 1 aromatic heterocycles. The van der Waals surface area contributed by atoms with Crippen molar-refractivity contribution in [3.05, 3.63) is 39.9 Å². The van der Waals surface area contributed by atoms with Crippen LogP contribution in [-0.2, 0) is 7.05 Å². The van der Waals surface area contributed by atoms with Gasteiger partial charge in [0.25, 0.3) is 0 Å². The summed E-state index contributed by atoms with van der Waals surface area (Å²) in [5, 5.41) is 0.463. The lowest BCUT2D eigenvalue weighted by Gasteiger charge is -2.16. The molecule has 0 amide bonds. The van der Waals surface area contributed by atoms with Crippen LogP contribution in [0, 0.1) is 0 Å². The maximum Gasteiger partial charge on any atom is 0.573 e. The molecule has 168 valence electrons. The highest BCUT2D eigenvalue weighted by Gasteiger charge is 2.32. The summed E-state index contributed by atoms with van der Waals surface area (Å²) in [5.74, 6) is 0.104. The minimum absolute atomic E-state index is 0.0236. The number of aryl methyl sites for hydroxylation is 1. The minimum atomic E-state index is -4.82. The highest BCUT2D eigenvalue weighted by Crippen LogP contribution is 2.43. The van der Waals surface area contributed by atoms with Gasteiger partial charge in [0, 0.05) is 13.1 Å². The summed E-state index contributed by atoms with van der Waals surface area (Å²) < 4.78 is 49.6. The van der Waals surface area contributed by atoms with E-state index in [0.717, 1.165) is 30.0 Å². The number of hydrogen-bond donors (Lipinski definition) is 0. The van der Waals surface area contributed by atoms with Gasteiger partial charge in [0.15, 0.2) is 5.75 Å². The molecule has 4 nitrogen and oxygen atoms in total. The Labute approximate surface area is 192 Å². The molecule has 0 N–H and O–H groups in total. The zero-order valence-corrected chi connectivity index (χ0v) is 19.6. The van der Waals surface area contributed by atoms with E-state index < -0.39 is 12.1 Å². The summed E-state index contributed by atoms with van der Waals surface area (Å²) in [5.41, 5.74) is 2.57. The van der Waals surface area contributed by atoms with Crippen LogP contribution in [0.25, 0.3) is 11.0 Å². The van der Waals surface area contributed by atoms with Crippen molar-refractivity contribution in [1.29, 1.82) is 0 Å². The molecule has 0 saturated carbocycles. The molecular formula is C21H21Cl2F3N2O2S. The molecule has 0 spiro atoms. The molecule has 0 radical (unpaired) electrons. The monoisotopic (exact) mass is 492 g/mol. The Balaban J connectivity index is 2.09. The van der Waals surface area contributed by atoms with Gasteiger partial charge in [0.05, 0.1) is 20.5 Å². The predicted molar refractivity (Wildman–Crippen MR) is 119 cm³/mol. The van der Waals surface area contributed by atoms with Crippen molar-refractivity contribution >= 4 is 46.0 Å². The second-order valence-corrected chi connectivity index (χ2v) is 8.55. The third kappa shape index (κ3) is 5.02. The molecule has 0 aliphatic rings. The molecule has 31 heavy (non-hydrogen) atoms. The Morgan fingerprint density at radius 2 is 1.81 bits per heavy atom. The van der Waals surface area contributed by atoms with Crippen molar-refractivity contribution in [2.24, 2.45) is 7.05 Å². The number of halogens is 5. The Morgan fingerprint density at radius 1 is 1.13 bits per heavy atom. The average Bonchev–Trinajstić information content (AvgIpc) is 3.02. The number of ether oxygens (including phenoxy) is 2. The van der Waals surface area contributed by atoms with Crippen LogP contribution in [0.4, 0.5) is 13.2 Å². The summed E-state index contributed by atoms with van der Waals surface area (Å²) in [6.07, 6.45) is -1.21. The van der Waals surface area contributed by atoms with E-state index in [-0.39, 0.29) is 16.8 Å². The Hall–Kier alpha value is -1.77. The van der Waals surface area contributed by atoms with Gasteiger partial charge in [-0.3, -0.25) is 4.57 Å². The van der Waals surface area contributed by atoms with Crippen molar-refractivity contribution in [3.63, 3.8) is 0 Å². The molecule has 2 aromatic carbocycles. The van der Waals surface area contributed by atoms with Crippen LogP contribution in [0.2, 0.25) is 10.0 Å². The number of fused-ring (bicyclic) bond motifs is 1. The normalized spacial score (nSPS) is 12.1. The van der Waals surface area contributed by atoms with Gasteiger partial charge in [-0.05, 0) is 42.7 Å². The fraction of sp³-hybridized carbons (Fsp3) is 0.381. The first-order valence-electron chi connectivity index (χ1n) is 9.55. The first-order chi connectivity index (χ1) is 14.6.